The van der Waals surface area contributed by atoms with Gasteiger partial charge in [-0.25, -0.2) is 0 Å². The molecule has 0 aliphatic carbocycles. The van der Waals surface area contributed by atoms with Crippen molar-refractivity contribution < 1.29 is 18.6 Å². The summed E-state index contributed by atoms with van der Waals surface area (Å²) >= 11 is 0. The number of rotatable bonds is 13. The van der Waals surface area contributed by atoms with Crippen LogP contribution in [0, 0.1) is 0 Å². The van der Waals surface area contributed by atoms with E-state index in [1.165, 1.54) is 5.56 Å². The summed E-state index contributed by atoms with van der Waals surface area (Å²) in [5, 5.41) is 6.83. The van der Waals surface area contributed by atoms with Gasteiger partial charge in [0.2, 0.25) is 0 Å². The minimum Gasteiger partial charge on any atom is -0.497 e. The minimum absolute atomic E-state index is 0. The Balaban J connectivity index is 0.00000363. The number of furan rings is 1. The van der Waals surface area contributed by atoms with Crippen molar-refractivity contribution in [2.45, 2.75) is 38.2 Å². The number of nitrogens with one attached hydrogen (secondary N) is 2. The normalized spacial score (nSPS) is 15.9. The maximum absolute atomic E-state index is 5.73. The second kappa shape index (κ2) is 15.9. The summed E-state index contributed by atoms with van der Waals surface area (Å²) in [7, 11) is 1.68. The monoisotopic (exact) mass is 557 g/mol. The molecule has 7 nitrogen and oxygen atoms in total. The summed E-state index contributed by atoms with van der Waals surface area (Å²) in [6.07, 6.45) is 6.85. The smallest absolute Gasteiger partial charge is 0.191 e. The van der Waals surface area contributed by atoms with E-state index in [9.17, 15) is 0 Å². The van der Waals surface area contributed by atoms with Crippen LogP contribution in [0.15, 0.2) is 52.1 Å². The quantitative estimate of drug-likeness (QED) is 0.169. The van der Waals surface area contributed by atoms with Crippen LogP contribution >= 0.6 is 24.0 Å². The van der Waals surface area contributed by atoms with Crippen molar-refractivity contribution in [3.63, 3.8) is 0 Å². The number of aliphatic imine (C=N–C) groups is 1. The van der Waals surface area contributed by atoms with E-state index >= 15 is 0 Å². The first kappa shape index (κ1) is 26.5. The van der Waals surface area contributed by atoms with Crippen molar-refractivity contribution in [3.05, 3.63) is 54.0 Å². The largest absolute Gasteiger partial charge is 0.497 e. The first-order valence-electron chi connectivity index (χ1n) is 11.2. The van der Waals surface area contributed by atoms with Gasteiger partial charge in [0, 0.05) is 39.3 Å². The molecule has 1 aliphatic rings. The zero-order chi connectivity index (χ0) is 21.6. The topological polar surface area (TPSA) is 77.2 Å². The van der Waals surface area contributed by atoms with E-state index in [0.717, 1.165) is 69.3 Å². The lowest BCUT2D eigenvalue weighted by atomic mass is 10.1. The predicted molar refractivity (Wildman–Crippen MR) is 137 cm³/mol. The van der Waals surface area contributed by atoms with E-state index in [0.29, 0.717) is 19.8 Å². The molecule has 0 saturated carbocycles. The Morgan fingerprint density at radius 2 is 1.94 bits per heavy atom. The molecule has 2 aromatic rings. The number of hydrogen-bond donors (Lipinski definition) is 2. The highest BCUT2D eigenvalue weighted by atomic mass is 127. The zero-order valence-electron chi connectivity index (χ0n) is 18.9. The lowest BCUT2D eigenvalue weighted by Gasteiger charge is -2.13. The van der Waals surface area contributed by atoms with E-state index < -0.39 is 0 Å². The third kappa shape index (κ3) is 10.2. The van der Waals surface area contributed by atoms with Gasteiger partial charge in [0.15, 0.2) is 5.96 Å². The van der Waals surface area contributed by atoms with Crippen LogP contribution in [0.4, 0.5) is 0 Å². The molecule has 1 aliphatic heterocycles. The molecule has 32 heavy (non-hydrogen) atoms. The fourth-order valence-corrected chi connectivity index (χ4v) is 3.40. The molecule has 1 aromatic heterocycles. The van der Waals surface area contributed by atoms with Crippen LogP contribution in [0.25, 0.3) is 0 Å². The molecule has 178 valence electrons. The van der Waals surface area contributed by atoms with Gasteiger partial charge in [0.25, 0.3) is 0 Å². The average molecular weight is 557 g/mol. The maximum Gasteiger partial charge on any atom is 0.191 e. The van der Waals surface area contributed by atoms with Crippen LogP contribution < -0.4 is 15.4 Å². The molecule has 0 amide bonds. The van der Waals surface area contributed by atoms with E-state index in [4.69, 9.17) is 23.6 Å². The molecule has 3 rings (SSSR count). The Kier molecular flexibility index (Phi) is 13.2. The standard InChI is InChI=1S/C24H35N3O4.HI/c1-28-21-9-7-20(8-10-21)11-14-26-24(27-15-12-22-5-2-17-30-22)25-13-4-16-29-19-23-6-3-18-31-23;/h2,5,7-10,17,23H,3-4,6,11-16,18-19H2,1H3,(H2,25,26,27);1H. The number of nitrogens with zero attached hydrogens (tertiary/aromatic N) is 1. The summed E-state index contributed by atoms with van der Waals surface area (Å²) in [6.45, 7) is 4.54. The first-order valence-corrected chi connectivity index (χ1v) is 11.2. The molecule has 8 heteroatoms. The molecule has 0 bridgehead atoms. The van der Waals surface area contributed by atoms with Crippen LogP contribution in [0.2, 0.25) is 0 Å². The van der Waals surface area contributed by atoms with Crippen LogP contribution in [-0.4, -0.2) is 58.6 Å². The van der Waals surface area contributed by atoms with Crippen molar-refractivity contribution in [1.29, 1.82) is 0 Å². The molecule has 1 atom stereocenters. The highest BCUT2D eigenvalue weighted by Gasteiger charge is 2.14. The molecular weight excluding hydrogens is 521 g/mol. The third-order valence-electron chi connectivity index (χ3n) is 5.15. The minimum atomic E-state index is 0. The van der Waals surface area contributed by atoms with Gasteiger partial charge in [0.05, 0.1) is 26.1 Å². The Bertz CT molecular complexity index is 747. The molecule has 1 saturated heterocycles. The Hall–Kier alpha value is -1.78. The average Bonchev–Trinajstić information content (AvgIpc) is 3.50. The van der Waals surface area contributed by atoms with E-state index in [1.54, 1.807) is 13.4 Å². The molecule has 0 spiro atoms. The number of guanidine groups is 1. The van der Waals surface area contributed by atoms with E-state index in [-0.39, 0.29) is 30.1 Å². The maximum atomic E-state index is 5.73. The fourth-order valence-electron chi connectivity index (χ4n) is 3.40. The SMILES string of the molecule is COc1ccc(CCNC(=NCCCOCC2CCCO2)NCCc2ccco2)cc1.I. The first-order chi connectivity index (χ1) is 15.3. The highest BCUT2D eigenvalue weighted by Crippen LogP contribution is 2.12. The van der Waals surface area contributed by atoms with Crippen LogP contribution in [0.3, 0.4) is 0 Å². The molecular formula is C24H36IN3O4. The van der Waals surface area contributed by atoms with Gasteiger partial charge < -0.3 is 29.3 Å². The van der Waals surface area contributed by atoms with Crippen molar-refractivity contribution in [2.75, 3.05) is 46.6 Å². The number of hydrogen-bond acceptors (Lipinski definition) is 5. The summed E-state index contributed by atoms with van der Waals surface area (Å²) in [5.74, 6) is 2.66. The van der Waals surface area contributed by atoms with Gasteiger partial charge in [-0.05, 0) is 55.5 Å². The lowest BCUT2D eigenvalue weighted by molar-refractivity contribution is 0.0171. The highest BCUT2D eigenvalue weighted by molar-refractivity contribution is 14.0. The van der Waals surface area contributed by atoms with Crippen molar-refractivity contribution >= 4 is 29.9 Å². The molecule has 2 heterocycles. The lowest BCUT2D eigenvalue weighted by Crippen LogP contribution is -2.39. The van der Waals surface area contributed by atoms with Crippen LogP contribution in [0.5, 0.6) is 5.75 Å². The summed E-state index contributed by atoms with van der Waals surface area (Å²) in [4.78, 5) is 4.70. The van der Waals surface area contributed by atoms with Gasteiger partial charge in [-0.15, -0.1) is 24.0 Å². The molecule has 2 N–H and O–H groups in total. The molecule has 1 fully saturated rings. The number of halogens is 1. The van der Waals surface area contributed by atoms with Gasteiger partial charge >= 0.3 is 0 Å². The summed E-state index contributed by atoms with van der Waals surface area (Å²) < 4.78 is 21.9. The van der Waals surface area contributed by atoms with E-state index in [2.05, 4.69) is 22.8 Å². The molecule has 1 unspecified atom stereocenters. The molecule has 0 radical (unpaired) electrons. The Morgan fingerprint density at radius 1 is 1.12 bits per heavy atom. The number of benzene rings is 1. The van der Waals surface area contributed by atoms with Gasteiger partial charge in [-0.1, -0.05) is 12.1 Å². The van der Waals surface area contributed by atoms with Crippen molar-refractivity contribution in [1.82, 2.24) is 10.6 Å². The fraction of sp³-hybridized carbons (Fsp3) is 0.542. The van der Waals surface area contributed by atoms with Crippen molar-refractivity contribution in [3.8, 4) is 5.75 Å². The van der Waals surface area contributed by atoms with Crippen LogP contribution in [0.1, 0.15) is 30.6 Å². The Labute approximate surface area is 208 Å². The second-order valence-electron chi connectivity index (χ2n) is 7.57. The Morgan fingerprint density at radius 3 is 2.62 bits per heavy atom. The summed E-state index contributed by atoms with van der Waals surface area (Å²) in [5.41, 5.74) is 1.26. The van der Waals surface area contributed by atoms with E-state index in [1.807, 2.05) is 24.3 Å². The van der Waals surface area contributed by atoms with Gasteiger partial charge in [-0.3, -0.25) is 4.99 Å². The zero-order valence-corrected chi connectivity index (χ0v) is 21.2. The van der Waals surface area contributed by atoms with Gasteiger partial charge in [0.1, 0.15) is 11.5 Å². The van der Waals surface area contributed by atoms with Gasteiger partial charge in [-0.2, -0.15) is 0 Å². The summed E-state index contributed by atoms with van der Waals surface area (Å²) in [6, 6.07) is 12.1. The predicted octanol–water partition coefficient (Wildman–Crippen LogP) is 3.81. The number of ether oxygens (including phenoxy) is 3. The second-order valence-corrected chi connectivity index (χ2v) is 7.57. The number of methoxy groups -OCH3 is 1. The molecule has 1 aromatic carbocycles. The third-order valence-corrected chi connectivity index (χ3v) is 5.15. The van der Waals surface area contributed by atoms with Crippen LogP contribution in [-0.2, 0) is 22.3 Å². The van der Waals surface area contributed by atoms with Crippen molar-refractivity contribution in [2.24, 2.45) is 4.99 Å².